The van der Waals surface area contributed by atoms with E-state index in [1.807, 2.05) is 0 Å². The Morgan fingerprint density at radius 1 is 1.45 bits per heavy atom. The number of benzene rings is 1. The fraction of sp³-hybridized carbons (Fsp3) is 0.429. The van der Waals surface area contributed by atoms with Gasteiger partial charge in [0, 0.05) is 19.0 Å². The molecule has 0 fully saturated rings. The lowest BCUT2D eigenvalue weighted by molar-refractivity contribution is 0.0745. The monoisotopic (exact) mass is 300 g/mol. The van der Waals surface area contributed by atoms with E-state index in [1.165, 1.54) is 17.9 Å². The average Bonchev–Trinajstić information content (AvgIpc) is 2.40. The van der Waals surface area contributed by atoms with Crippen LogP contribution in [0.5, 0.6) is 0 Å². The summed E-state index contributed by atoms with van der Waals surface area (Å²) < 4.78 is 27.7. The summed E-state index contributed by atoms with van der Waals surface area (Å²) >= 11 is 4.85. The number of hydrogen-bond donors (Lipinski definition) is 1. The van der Waals surface area contributed by atoms with Crippen LogP contribution in [-0.4, -0.2) is 28.9 Å². The standard InChI is InChI=1S/C14H18F2N2OS/c1-4-18(7-9(3)13(17)20)14(19)11-10(15)6-5-8(2)12(11)16/h5-6,9H,4,7H2,1-3H3,(H2,17,20). The Balaban J connectivity index is 3.09. The van der Waals surface area contributed by atoms with Gasteiger partial charge in [-0.2, -0.15) is 0 Å². The third-order valence-corrected chi connectivity index (χ3v) is 3.55. The first-order valence-corrected chi connectivity index (χ1v) is 6.73. The van der Waals surface area contributed by atoms with Gasteiger partial charge in [0.25, 0.3) is 5.91 Å². The van der Waals surface area contributed by atoms with Crippen LogP contribution in [0.25, 0.3) is 0 Å². The highest BCUT2D eigenvalue weighted by Gasteiger charge is 2.25. The Morgan fingerprint density at radius 2 is 2.05 bits per heavy atom. The number of carbonyl (C=O) groups is 1. The van der Waals surface area contributed by atoms with Crippen LogP contribution in [-0.2, 0) is 0 Å². The van der Waals surface area contributed by atoms with Crippen molar-refractivity contribution in [3.8, 4) is 0 Å². The van der Waals surface area contributed by atoms with Crippen molar-refractivity contribution in [3.05, 3.63) is 34.9 Å². The number of thiocarbonyl (C=S) groups is 1. The molecule has 1 aromatic carbocycles. The highest BCUT2D eigenvalue weighted by atomic mass is 32.1. The first kappa shape index (κ1) is 16.5. The maximum absolute atomic E-state index is 14.0. The first-order chi connectivity index (χ1) is 9.29. The SMILES string of the molecule is CCN(CC(C)C(N)=S)C(=O)c1c(F)ccc(C)c1F. The minimum Gasteiger partial charge on any atom is -0.393 e. The molecule has 1 atom stereocenters. The highest BCUT2D eigenvalue weighted by molar-refractivity contribution is 7.80. The molecule has 3 nitrogen and oxygen atoms in total. The molecule has 1 aromatic rings. The largest absolute Gasteiger partial charge is 0.393 e. The van der Waals surface area contributed by atoms with Crippen LogP contribution < -0.4 is 5.73 Å². The zero-order chi connectivity index (χ0) is 15.4. The van der Waals surface area contributed by atoms with Gasteiger partial charge in [-0.05, 0) is 25.5 Å². The van der Waals surface area contributed by atoms with Gasteiger partial charge in [0.05, 0.1) is 4.99 Å². The Hall–Kier alpha value is -1.56. The van der Waals surface area contributed by atoms with Crippen molar-refractivity contribution in [2.24, 2.45) is 11.7 Å². The summed E-state index contributed by atoms with van der Waals surface area (Å²) in [5.41, 5.74) is 5.21. The second kappa shape index (κ2) is 6.74. The number of rotatable bonds is 5. The summed E-state index contributed by atoms with van der Waals surface area (Å²) in [6.07, 6.45) is 0. The summed E-state index contributed by atoms with van der Waals surface area (Å²) in [6.45, 7) is 5.53. The molecular weight excluding hydrogens is 282 g/mol. The summed E-state index contributed by atoms with van der Waals surface area (Å²) in [4.78, 5) is 13.9. The molecule has 0 saturated heterocycles. The van der Waals surface area contributed by atoms with E-state index < -0.39 is 23.1 Å². The van der Waals surface area contributed by atoms with E-state index in [9.17, 15) is 13.6 Å². The molecule has 6 heteroatoms. The molecule has 0 aliphatic heterocycles. The third-order valence-electron chi connectivity index (χ3n) is 3.15. The number of halogens is 2. The van der Waals surface area contributed by atoms with Crippen molar-refractivity contribution in [3.63, 3.8) is 0 Å². The van der Waals surface area contributed by atoms with Gasteiger partial charge in [-0.15, -0.1) is 0 Å². The molecule has 0 bridgehead atoms. The van der Waals surface area contributed by atoms with Crippen molar-refractivity contribution in [2.45, 2.75) is 20.8 Å². The second-order valence-electron chi connectivity index (χ2n) is 4.70. The Bertz CT molecular complexity index is 534. The number of nitrogens with two attached hydrogens (primary N) is 1. The summed E-state index contributed by atoms with van der Waals surface area (Å²) in [5.74, 6) is -2.59. The molecule has 0 heterocycles. The predicted molar refractivity (Wildman–Crippen MR) is 78.6 cm³/mol. The van der Waals surface area contributed by atoms with Crippen LogP contribution in [0.1, 0.15) is 29.8 Å². The molecule has 0 aromatic heterocycles. The van der Waals surface area contributed by atoms with Crippen molar-refractivity contribution >= 4 is 23.1 Å². The number of hydrogen-bond acceptors (Lipinski definition) is 2. The highest BCUT2D eigenvalue weighted by Crippen LogP contribution is 2.19. The number of carbonyl (C=O) groups excluding carboxylic acids is 1. The van der Waals surface area contributed by atoms with Gasteiger partial charge in [0.1, 0.15) is 17.2 Å². The van der Waals surface area contributed by atoms with Crippen LogP contribution in [0.4, 0.5) is 8.78 Å². The molecule has 0 saturated carbocycles. The number of aryl methyl sites for hydroxylation is 1. The molecule has 20 heavy (non-hydrogen) atoms. The van der Waals surface area contributed by atoms with E-state index >= 15 is 0 Å². The van der Waals surface area contributed by atoms with Crippen LogP contribution in [0.15, 0.2) is 12.1 Å². The zero-order valence-corrected chi connectivity index (χ0v) is 12.6. The maximum atomic E-state index is 14.0. The summed E-state index contributed by atoms with van der Waals surface area (Å²) in [5, 5.41) is 0. The van der Waals surface area contributed by atoms with Crippen molar-refractivity contribution in [1.29, 1.82) is 0 Å². The van der Waals surface area contributed by atoms with E-state index in [1.54, 1.807) is 13.8 Å². The molecule has 0 aliphatic rings. The van der Waals surface area contributed by atoms with Crippen LogP contribution >= 0.6 is 12.2 Å². The van der Waals surface area contributed by atoms with Gasteiger partial charge in [-0.3, -0.25) is 4.79 Å². The zero-order valence-electron chi connectivity index (χ0n) is 11.7. The van der Waals surface area contributed by atoms with Crippen LogP contribution in [0.2, 0.25) is 0 Å². The Morgan fingerprint density at radius 3 is 2.55 bits per heavy atom. The predicted octanol–water partition coefficient (Wildman–Crippen LogP) is 2.66. The third kappa shape index (κ3) is 3.50. The number of amides is 1. The summed E-state index contributed by atoms with van der Waals surface area (Å²) in [6, 6.07) is 2.39. The average molecular weight is 300 g/mol. The Labute approximate surface area is 122 Å². The normalized spacial score (nSPS) is 12.1. The van der Waals surface area contributed by atoms with Gasteiger partial charge in [0.15, 0.2) is 0 Å². The van der Waals surface area contributed by atoms with Gasteiger partial charge < -0.3 is 10.6 Å². The van der Waals surface area contributed by atoms with Gasteiger partial charge in [-0.25, -0.2) is 8.78 Å². The smallest absolute Gasteiger partial charge is 0.259 e. The van der Waals surface area contributed by atoms with E-state index in [-0.39, 0.29) is 23.0 Å². The lowest BCUT2D eigenvalue weighted by Gasteiger charge is -2.24. The van der Waals surface area contributed by atoms with Crippen LogP contribution in [0, 0.1) is 24.5 Å². The molecule has 1 rings (SSSR count). The van der Waals surface area contributed by atoms with Gasteiger partial charge in [-0.1, -0.05) is 25.2 Å². The molecule has 1 amide bonds. The molecule has 0 spiro atoms. The Kier molecular flexibility index (Phi) is 5.56. The minimum atomic E-state index is -0.862. The maximum Gasteiger partial charge on any atom is 0.259 e. The van der Waals surface area contributed by atoms with E-state index in [4.69, 9.17) is 18.0 Å². The number of nitrogens with zero attached hydrogens (tertiary/aromatic N) is 1. The van der Waals surface area contributed by atoms with Crippen molar-refractivity contribution in [1.82, 2.24) is 4.90 Å². The molecule has 0 aliphatic carbocycles. The quantitative estimate of drug-likeness (QED) is 0.850. The molecular formula is C14H18F2N2OS. The van der Waals surface area contributed by atoms with Crippen molar-refractivity contribution in [2.75, 3.05) is 13.1 Å². The van der Waals surface area contributed by atoms with E-state index in [2.05, 4.69) is 0 Å². The topological polar surface area (TPSA) is 46.3 Å². The fourth-order valence-corrected chi connectivity index (χ4v) is 1.86. The molecule has 110 valence electrons. The van der Waals surface area contributed by atoms with Gasteiger partial charge in [0.2, 0.25) is 0 Å². The molecule has 1 unspecified atom stereocenters. The summed E-state index contributed by atoms with van der Waals surface area (Å²) in [7, 11) is 0. The molecule has 0 radical (unpaired) electrons. The lowest BCUT2D eigenvalue weighted by atomic mass is 10.1. The van der Waals surface area contributed by atoms with E-state index in [0.29, 0.717) is 6.54 Å². The lowest BCUT2D eigenvalue weighted by Crippen LogP contribution is -2.39. The molecule has 2 N–H and O–H groups in total. The van der Waals surface area contributed by atoms with Crippen LogP contribution in [0.3, 0.4) is 0 Å². The second-order valence-corrected chi connectivity index (χ2v) is 5.17. The van der Waals surface area contributed by atoms with Gasteiger partial charge >= 0.3 is 0 Å². The fourth-order valence-electron chi connectivity index (χ4n) is 1.79. The first-order valence-electron chi connectivity index (χ1n) is 6.32. The minimum absolute atomic E-state index is 0.218. The van der Waals surface area contributed by atoms with E-state index in [0.717, 1.165) is 6.07 Å². The van der Waals surface area contributed by atoms with Crippen molar-refractivity contribution < 1.29 is 13.6 Å².